The number of guanidine groups is 1. The van der Waals surface area contributed by atoms with Crippen LogP contribution in [0, 0.1) is 0 Å². The summed E-state index contributed by atoms with van der Waals surface area (Å²) in [6.07, 6.45) is 0. The van der Waals surface area contributed by atoms with E-state index >= 15 is 0 Å². The molecule has 1 saturated heterocycles. The van der Waals surface area contributed by atoms with Gasteiger partial charge in [-0.1, -0.05) is 12.1 Å². The second-order valence-corrected chi connectivity index (χ2v) is 7.26. The number of hydrogen-bond donors (Lipinski definition) is 1. The number of nitrogens with zero attached hydrogens (tertiary/aromatic N) is 4. The van der Waals surface area contributed by atoms with Crippen LogP contribution in [0.2, 0.25) is 0 Å². The third-order valence-corrected chi connectivity index (χ3v) is 4.93. The van der Waals surface area contributed by atoms with Gasteiger partial charge in [-0.25, -0.2) is 0 Å². The van der Waals surface area contributed by atoms with E-state index in [-0.39, 0.29) is 29.7 Å². The Labute approximate surface area is 190 Å². The first-order valence-corrected chi connectivity index (χ1v) is 9.84. The second kappa shape index (κ2) is 13.2. The molecule has 2 rings (SSSR count). The summed E-state index contributed by atoms with van der Waals surface area (Å²) in [5.74, 6) is 1.01. The standard InChI is InChI=1S/C20H33F2N5O.HI/c1-5-23-20(24-14-16(2)27-12-10-25(3)11-13-27)26(4)15-17-6-8-18(9-7-17)28-19(21)22;/h6-9,16,19H,5,10-15H2,1-4H3,(H,23,24);1H. The number of halogens is 3. The van der Waals surface area contributed by atoms with Gasteiger partial charge in [-0.15, -0.1) is 24.0 Å². The van der Waals surface area contributed by atoms with E-state index in [1.807, 2.05) is 18.9 Å². The molecule has 0 bridgehead atoms. The predicted octanol–water partition coefficient (Wildman–Crippen LogP) is 2.94. The molecule has 1 unspecified atom stereocenters. The van der Waals surface area contributed by atoms with Gasteiger partial charge in [-0.2, -0.15) is 8.78 Å². The lowest BCUT2D eigenvalue weighted by Crippen LogP contribution is -2.49. The van der Waals surface area contributed by atoms with Crippen molar-refractivity contribution < 1.29 is 13.5 Å². The van der Waals surface area contributed by atoms with Crippen molar-refractivity contribution >= 4 is 29.9 Å². The van der Waals surface area contributed by atoms with Crippen molar-refractivity contribution in [2.24, 2.45) is 4.99 Å². The van der Waals surface area contributed by atoms with Gasteiger partial charge in [-0.3, -0.25) is 9.89 Å². The molecule has 166 valence electrons. The Kier molecular flexibility index (Phi) is 11.7. The summed E-state index contributed by atoms with van der Waals surface area (Å²) in [6.45, 7) is 7.96. The van der Waals surface area contributed by atoms with Crippen LogP contribution in [-0.4, -0.2) is 86.7 Å². The van der Waals surface area contributed by atoms with Gasteiger partial charge < -0.3 is 19.9 Å². The van der Waals surface area contributed by atoms with Crippen LogP contribution in [0.1, 0.15) is 19.4 Å². The van der Waals surface area contributed by atoms with Crippen molar-refractivity contribution in [3.05, 3.63) is 29.8 Å². The first-order valence-electron chi connectivity index (χ1n) is 9.84. The summed E-state index contributed by atoms with van der Waals surface area (Å²) in [6, 6.07) is 7.11. The first kappa shape index (κ1) is 25.8. The molecule has 1 atom stereocenters. The number of hydrogen-bond acceptors (Lipinski definition) is 4. The number of piperazine rings is 1. The molecule has 1 aliphatic rings. The van der Waals surface area contributed by atoms with Gasteiger partial charge in [0.25, 0.3) is 0 Å². The van der Waals surface area contributed by atoms with Crippen LogP contribution in [0.3, 0.4) is 0 Å². The maximum absolute atomic E-state index is 12.3. The molecule has 6 nitrogen and oxygen atoms in total. The zero-order valence-electron chi connectivity index (χ0n) is 17.8. The Hall–Kier alpha value is -1.20. The lowest BCUT2D eigenvalue weighted by atomic mass is 10.2. The number of nitrogens with one attached hydrogen (secondary N) is 1. The number of benzene rings is 1. The van der Waals surface area contributed by atoms with Crippen LogP contribution in [0.15, 0.2) is 29.3 Å². The number of ether oxygens (including phenoxy) is 1. The smallest absolute Gasteiger partial charge is 0.387 e. The van der Waals surface area contributed by atoms with Gasteiger partial charge >= 0.3 is 6.61 Å². The van der Waals surface area contributed by atoms with Crippen molar-refractivity contribution in [2.45, 2.75) is 33.0 Å². The predicted molar refractivity (Wildman–Crippen MR) is 124 cm³/mol. The van der Waals surface area contributed by atoms with Crippen molar-refractivity contribution in [3.63, 3.8) is 0 Å². The van der Waals surface area contributed by atoms with Gasteiger partial charge in [-0.05, 0) is 38.6 Å². The largest absolute Gasteiger partial charge is 0.435 e. The molecule has 1 aromatic carbocycles. The molecule has 9 heteroatoms. The van der Waals surface area contributed by atoms with Gasteiger partial charge in [0.15, 0.2) is 5.96 Å². The van der Waals surface area contributed by atoms with Gasteiger partial charge in [0, 0.05) is 52.4 Å². The van der Waals surface area contributed by atoms with E-state index in [0.29, 0.717) is 12.6 Å². The van der Waals surface area contributed by atoms with E-state index in [0.717, 1.165) is 50.8 Å². The fraction of sp³-hybridized carbons (Fsp3) is 0.650. The van der Waals surface area contributed by atoms with E-state index in [1.54, 1.807) is 24.3 Å². The molecule has 1 aliphatic heterocycles. The van der Waals surface area contributed by atoms with Crippen LogP contribution in [-0.2, 0) is 6.54 Å². The molecular formula is C20H34F2IN5O. The third-order valence-electron chi connectivity index (χ3n) is 4.93. The lowest BCUT2D eigenvalue weighted by Gasteiger charge is -2.36. The van der Waals surface area contributed by atoms with Crippen LogP contribution in [0.5, 0.6) is 5.75 Å². The third kappa shape index (κ3) is 9.00. The minimum atomic E-state index is -2.80. The average molecular weight is 525 g/mol. The van der Waals surface area contributed by atoms with Crippen LogP contribution in [0.25, 0.3) is 0 Å². The Morgan fingerprint density at radius 3 is 2.38 bits per heavy atom. The summed E-state index contributed by atoms with van der Waals surface area (Å²) < 4.78 is 28.9. The Morgan fingerprint density at radius 1 is 1.21 bits per heavy atom. The summed E-state index contributed by atoms with van der Waals surface area (Å²) >= 11 is 0. The van der Waals surface area contributed by atoms with Gasteiger partial charge in [0.2, 0.25) is 0 Å². The van der Waals surface area contributed by atoms with E-state index in [1.165, 1.54) is 0 Å². The van der Waals surface area contributed by atoms with Crippen molar-refractivity contribution in [1.29, 1.82) is 0 Å². The van der Waals surface area contributed by atoms with Gasteiger partial charge in [0.05, 0.1) is 6.54 Å². The average Bonchev–Trinajstić information content (AvgIpc) is 2.66. The van der Waals surface area contributed by atoms with E-state index in [2.05, 4.69) is 33.8 Å². The minimum absolute atomic E-state index is 0. The summed E-state index contributed by atoms with van der Waals surface area (Å²) in [7, 11) is 4.14. The highest BCUT2D eigenvalue weighted by Crippen LogP contribution is 2.16. The van der Waals surface area contributed by atoms with E-state index in [4.69, 9.17) is 4.99 Å². The molecule has 1 heterocycles. The fourth-order valence-corrected chi connectivity index (χ4v) is 3.19. The number of alkyl halides is 2. The molecule has 0 radical (unpaired) electrons. The van der Waals surface area contributed by atoms with E-state index < -0.39 is 6.61 Å². The SMILES string of the molecule is CCNC(=NCC(C)N1CCN(C)CC1)N(C)Cc1ccc(OC(F)F)cc1.I. The highest BCUT2D eigenvalue weighted by Gasteiger charge is 2.19. The van der Waals surface area contributed by atoms with Crippen LogP contribution >= 0.6 is 24.0 Å². The number of likely N-dealkylation sites (N-methyl/N-ethyl adjacent to an activating group) is 1. The fourth-order valence-electron chi connectivity index (χ4n) is 3.19. The summed E-state index contributed by atoms with van der Waals surface area (Å²) in [5, 5.41) is 3.33. The maximum Gasteiger partial charge on any atom is 0.387 e. The Bertz CT molecular complexity index is 609. The number of aliphatic imine (C=N–C) groups is 1. The Balaban J connectivity index is 0.00000420. The molecule has 0 amide bonds. The molecule has 29 heavy (non-hydrogen) atoms. The molecule has 0 spiro atoms. The quantitative estimate of drug-likeness (QED) is 0.322. The first-order chi connectivity index (χ1) is 13.4. The lowest BCUT2D eigenvalue weighted by molar-refractivity contribution is -0.0498. The topological polar surface area (TPSA) is 43.3 Å². The van der Waals surface area contributed by atoms with Crippen molar-refractivity contribution in [3.8, 4) is 5.75 Å². The zero-order valence-corrected chi connectivity index (χ0v) is 20.1. The minimum Gasteiger partial charge on any atom is -0.435 e. The summed E-state index contributed by atoms with van der Waals surface area (Å²) in [5.41, 5.74) is 1.00. The van der Waals surface area contributed by atoms with Crippen molar-refractivity contribution in [1.82, 2.24) is 20.0 Å². The molecule has 1 aromatic rings. The van der Waals surface area contributed by atoms with Crippen LogP contribution in [0.4, 0.5) is 8.78 Å². The second-order valence-electron chi connectivity index (χ2n) is 7.26. The molecule has 0 aromatic heterocycles. The van der Waals surface area contributed by atoms with Crippen molar-refractivity contribution in [2.75, 3.05) is 53.4 Å². The zero-order chi connectivity index (χ0) is 20.5. The van der Waals surface area contributed by atoms with E-state index in [9.17, 15) is 8.78 Å². The normalized spacial score (nSPS) is 17.0. The van der Waals surface area contributed by atoms with Gasteiger partial charge in [0.1, 0.15) is 5.75 Å². The molecule has 0 aliphatic carbocycles. The highest BCUT2D eigenvalue weighted by molar-refractivity contribution is 14.0. The monoisotopic (exact) mass is 525 g/mol. The summed E-state index contributed by atoms with van der Waals surface area (Å²) in [4.78, 5) is 11.7. The maximum atomic E-state index is 12.3. The highest BCUT2D eigenvalue weighted by atomic mass is 127. The molecule has 1 N–H and O–H groups in total. The molecule has 1 fully saturated rings. The van der Waals surface area contributed by atoms with Crippen LogP contribution < -0.4 is 10.1 Å². The number of rotatable bonds is 8. The molecular weight excluding hydrogens is 491 g/mol. The molecule has 0 saturated carbocycles. The Morgan fingerprint density at radius 2 is 1.83 bits per heavy atom.